The van der Waals surface area contributed by atoms with Crippen molar-refractivity contribution in [2.75, 3.05) is 26.4 Å². The molecule has 0 aromatic rings. The number of hydrogen-bond donors (Lipinski definition) is 3. The van der Waals surface area contributed by atoms with Crippen LogP contribution in [-0.4, -0.2) is 65.7 Å². The molecule has 0 fully saturated rings. The highest BCUT2D eigenvalue weighted by Gasteiger charge is 2.27. The molecule has 0 spiro atoms. The van der Waals surface area contributed by atoms with Crippen LogP contribution in [0.2, 0.25) is 0 Å². The van der Waals surface area contributed by atoms with E-state index < -0.39 is 51.8 Å². The number of aliphatic hydroxyl groups is 2. The van der Waals surface area contributed by atoms with Crippen molar-refractivity contribution in [1.29, 1.82) is 0 Å². The quantitative estimate of drug-likeness (QED) is 0.0240. The molecular weight excluding hydrogens is 671 g/mol. The first-order chi connectivity index (χ1) is 24.7. The van der Waals surface area contributed by atoms with Gasteiger partial charge in [-0.05, 0) is 38.5 Å². The lowest BCUT2D eigenvalue weighted by molar-refractivity contribution is -0.161. The van der Waals surface area contributed by atoms with Gasteiger partial charge in [0.2, 0.25) is 0 Å². The first kappa shape index (κ1) is 49.7. The van der Waals surface area contributed by atoms with E-state index in [2.05, 4.69) is 30.5 Å². The van der Waals surface area contributed by atoms with Gasteiger partial charge in [-0.15, -0.1) is 0 Å². The fourth-order valence-electron chi connectivity index (χ4n) is 5.69. The van der Waals surface area contributed by atoms with E-state index in [4.69, 9.17) is 19.1 Å². The van der Waals surface area contributed by atoms with Crippen molar-refractivity contribution in [3.05, 3.63) is 12.2 Å². The molecule has 0 aliphatic rings. The van der Waals surface area contributed by atoms with Crippen molar-refractivity contribution in [3.63, 3.8) is 0 Å². The Morgan fingerprint density at radius 3 is 1.41 bits per heavy atom. The van der Waals surface area contributed by atoms with Crippen molar-refractivity contribution in [3.8, 4) is 0 Å². The Morgan fingerprint density at radius 2 is 0.961 bits per heavy atom. The minimum atomic E-state index is -4.61. The molecule has 0 radical (unpaired) electrons. The van der Waals surface area contributed by atoms with Crippen LogP contribution in [0, 0.1) is 0 Å². The molecule has 0 saturated heterocycles. The zero-order chi connectivity index (χ0) is 37.7. The van der Waals surface area contributed by atoms with Crippen molar-refractivity contribution in [2.24, 2.45) is 0 Å². The number of aliphatic hydroxyl groups excluding tert-OH is 2. The third-order valence-corrected chi connectivity index (χ3v) is 9.87. The first-order valence-electron chi connectivity index (χ1n) is 20.6. The highest BCUT2D eigenvalue weighted by molar-refractivity contribution is 7.47. The Balaban J connectivity index is 4.32. The lowest BCUT2D eigenvalue weighted by Gasteiger charge is -2.20. The number of allylic oxidation sites excluding steroid dienone is 2. The molecule has 0 aromatic heterocycles. The summed E-state index contributed by atoms with van der Waals surface area (Å²) in [6.07, 6.45) is 33.2. The average Bonchev–Trinajstić information content (AvgIpc) is 3.12. The number of carbonyl (C=O) groups is 2. The van der Waals surface area contributed by atoms with Gasteiger partial charge in [0, 0.05) is 12.8 Å². The van der Waals surface area contributed by atoms with E-state index in [-0.39, 0.29) is 19.4 Å². The molecule has 302 valence electrons. The number of phosphoric acid groups is 1. The van der Waals surface area contributed by atoms with Gasteiger partial charge in [0.05, 0.1) is 19.8 Å². The smallest absolute Gasteiger partial charge is 0.462 e. The van der Waals surface area contributed by atoms with Crippen molar-refractivity contribution in [2.45, 2.75) is 206 Å². The summed E-state index contributed by atoms with van der Waals surface area (Å²) < 4.78 is 32.6. The van der Waals surface area contributed by atoms with E-state index in [1.807, 2.05) is 0 Å². The fourth-order valence-corrected chi connectivity index (χ4v) is 6.48. The van der Waals surface area contributed by atoms with Gasteiger partial charge in [-0.1, -0.05) is 154 Å². The summed E-state index contributed by atoms with van der Waals surface area (Å²) in [5.74, 6) is -0.927. The van der Waals surface area contributed by atoms with Gasteiger partial charge < -0.3 is 24.6 Å². The van der Waals surface area contributed by atoms with Crippen molar-refractivity contribution in [1.82, 2.24) is 0 Å². The second kappa shape index (κ2) is 37.0. The lowest BCUT2D eigenvalue weighted by atomic mass is 10.0. The van der Waals surface area contributed by atoms with Crippen LogP contribution in [0.15, 0.2) is 12.2 Å². The zero-order valence-corrected chi connectivity index (χ0v) is 33.5. The molecular formula is C40H77O10P. The predicted octanol–water partition coefficient (Wildman–Crippen LogP) is 10.4. The summed E-state index contributed by atoms with van der Waals surface area (Å²) in [4.78, 5) is 34.9. The van der Waals surface area contributed by atoms with Gasteiger partial charge in [-0.25, -0.2) is 4.57 Å². The molecule has 11 heteroatoms. The van der Waals surface area contributed by atoms with Crippen LogP contribution in [0.4, 0.5) is 0 Å². The largest absolute Gasteiger partial charge is 0.472 e. The number of ether oxygens (including phenoxy) is 2. The summed E-state index contributed by atoms with van der Waals surface area (Å²) in [7, 11) is -4.61. The molecule has 0 rings (SSSR count). The third kappa shape index (κ3) is 36.8. The molecule has 0 aliphatic heterocycles. The van der Waals surface area contributed by atoms with E-state index in [9.17, 15) is 24.2 Å². The Hall–Kier alpha value is -1.29. The third-order valence-electron chi connectivity index (χ3n) is 8.92. The summed E-state index contributed by atoms with van der Waals surface area (Å²) in [6, 6.07) is 0. The number of phosphoric ester groups is 1. The van der Waals surface area contributed by atoms with E-state index in [0.717, 1.165) is 57.8 Å². The highest BCUT2D eigenvalue weighted by atomic mass is 31.2. The fraction of sp³-hybridized carbons (Fsp3) is 0.900. The Labute approximate surface area is 311 Å². The van der Waals surface area contributed by atoms with Gasteiger partial charge in [-0.3, -0.25) is 18.6 Å². The van der Waals surface area contributed by atoms with E-state index in [1.165, 1.54) is 96.3 Å². The number of unbranched alkanes of at least 4 members (excludes halogenated alkanes) is 23. The second-order valence-corrected chi connectivity index (χ2v) is 15.5. The number of rotatable bonds is 39. The molecule has 0 aliphatic carbocycles. The molecule has 10 nitrogen and oxygen atoms in total. The highest BCUT2D eigenvalue weighted by Crippen LogP contribution is 2.43. The van der Waals surface area contributed by atoms with Gasteiger partial charge in [-0.2, -0.15) is 0 Å². The van der Waals surface area contributed by atoms with Gasteiger partial charge in [0.15, 0.2) is 6.10 Å². The summed E-state index contributed by atoms with van der Waals surface area (Å²) in [5.41, 5.74) is 0. The van der Waals surface area contributed by atoms with Gasteiger partial charge in [0.25, 0.3) is 0 Å². The molecule has 3 atom stereocenters. The molecule has 0 bridgehead atoms. The van der Waals surface area contributed by atoms with E-state index in [0.29, 0.717) is 12.8 Å². The number of carbonyl (C=O) groups excluding carboxylic acids is 2. The van der Waals surface area contributed by atoms with E-state index in [1.54, 1.807) is 0 Å². The van der Waals surface area contributed by atoms with E-state index >= 15 is 0 Å². The summed E-state index contributed by atoms with van der Waals surface area (Å²) in [5, 5.41) is 18.3. The second-order valence-electron chi connectivity index (χ2n) is 14.0. The van der Waals surface area contributed by atoms with Crippen LogP contribution in [0.1, 0.15) is 194 Å². The molecule has 0 aromatic carbocycles. The maximum atomic E-state index is 12.6. The van der Waals surface area contributed by atoms with Crippen LogP contribution in [-0.2, 0) is 32.7 Å². The molecule has 0 amide bonds. The molecule has 0 heterocycles. The van der Waals surface area contributed by atoms with Gasteiger partial charge >= 0.3 is 19.8 Å². The minimum absolute atomic E-state index is 0.178. The summed E-state index contributed by atoms with van der Waals surface area (Å²) in [6.45, 7) is 2.37. The Morgan fingerprint density at radius 1 is 0.569 bits per heavy atom. The maximum Gasteiger partial charge on any atom is 0.472 e. The summed E-state index contributed by atoms with van der Waals surface area (Å²) >= 11 is 0. The van der Waals surface area contributed by atoms with Gasteiger partial charge in [0.1, 0.15) is 12.7 Å². The van der Waals surface area contributed by atoms with Crippen LogP contribution >= 0.6 is 7.82 Å². The molecule has 3 N–H and O–H groups in total. The van der Waals surface area contributed by atoms with Crippen molar-refractivity contribution < 1.29 is 47.8 Å². The SMILES string of the molecule is CCCCCCCC/C=C/CCCCCCCC(=O)O[C@H](COC(=O)CCCCCCCCCCCCCCC)COP(=O)(O)OC[C@@H](O)CO. The maximum absolute atomic E-state index is 12.6. The number of esters is 2. The number of hydrogen-bond acceptors (Lipinski definition) is 9. The zero-order valence-electron chi connectivity index (χ0n) is 32.6. The van der Waals surface area contributed by atoms with Crippen LogP contribution in [0.5, 0.6) is 0 Å². The van der Waals surface area contributed by atoms with Crippen LogP contribution in [0.3, 0.4) is 0 Å². The normalized spacial score (nSPS) is 14.1. The Kier molecular flexibility index (Phi) is 36.1. The van der Waals surface area contributed by atoms with Crippen molar-refractivity contribution >= 4 is 19.8 Å². The standard InChI is InChI=1S/C40H77O10P/c1-3-5-7-9-11-13-15-17-18-20-22-24-26-28-30-32-40(44)50-38(36-49-51(45,46)48-34-37(42)33-41)35-47-39(43)31-29-27-25-23-21-19-16-14-12-10-8-6-4-2/h17-18,37-38,41-42H,3-16,19-36H2,1-2H3,(H,45,46)/b18-17+/t37-,38+/m0/s1. The topological polar surface area (TPSA) is 149 Å². The van der Waals surface area contributed by atoms with Crippen LogP contribution in [0.25, 0.3) is 0 Å². The first-order valence-corrected chi connectivity index (χ1v) is 22.1. The van der Waals surface area contributed by atoms with Crippen LogP contribution < -0.4 is 0 Å². The molecule has 1 unspecified atom stereocenters. The average molecular weight is 749 g/mol. The molecule has 0 saturated carbocycles. The molecule has 51 heavy (non-hydrogen) atoms. The Bertz CT molecular complexity index is 868. The minimum Gasteiger partial charge on any atom is -0.462 e. The monoisotopic (exact) mass is 749 g/mol. The predicted molar refractivity (Wildman–Crippen MR) is 205 cm³/mol. The lowest BCUT2D eigenvalue weighted by Crippen LogP contribution is -2.29.